The summed E-state index contributed by atoms with van der Waals surface area (Å²) in [5.74, 6) is 0.587. The van der Waals surface area contributed by atoms with E-state index in [-0.39, 0.29) is 12.5 Å². The van der Waals surface area contributed by atoms with Crippen molar-refractivity contribution in [3.05, 3.63) is 64.7 Å². The number of hydrogen-bond donors (Lipinski definition) is 2. The molecule has 0 radical (unpaired) electrons. The monoisotopic (exact) mass is 390 g/mol. The SMILES string of the molecule is O=C1Nc2ccccc2/C1=C1\OCc2cc(CCN3CCCCC3CO)ccc21. The van der Waals surface area contributed by atoms with E-state index in [9.17, 15) is 9.90 Å². The van der Waals surface area contributed by atoms with Gasteiger partial charge in [-0.2, -0.15) is 0 Å². The van der Waals surface area contributed by atoms with Crippen molar-refractivity contribution in [2.24, 2.45) is 0 Å². The molecule has 0 spiro atoms. The molecule has 5 heteroatoms. The van der Waals surface area contributed by atoms with Gasteiger partial charge in [0.05, 0.1) is 12.2 Å². The number of nitrogens with zero attached hydrogens (tertiary/aromatic N) is 1. The standard InChI is InChI=1S/C24H26N2O3/c27-14-18-5-3-4-11-26(18)12-10-16-8-9-19-17(13-16)15-29-23(19)22-20-6-1-2-7-21(20)25-24(22)28/h1-2,6-9,13,18,27H,3-5,10-12,14-15H2,(H,25,28)/b23-22+. The molecule has 5 rings (SSSR count). The maximum atomic E-state index is 12.6. The van der Waals surface area contributed by atoms with Gasteiger partial charge in [-0.1, -0.05) is 42.8 Å². The van der Waals surface area contributed by atoms with Crippen LogP contribution in [0.2, 0.25) is 0 Å². The van der Waals surface area contributed by atoms with E-state index in [4.69, 9.17) is 4.74 Å². The molecule has 1 unspecified atom stereocenters. The lowest BCUT2D eigenvalue weighted by Gasteiger charge is -2.34. The van der Waals surface area contributed by atoms with Crippen molar-refractivity contribution in [1.29, 1.82) is 0 Å². The van der Waals surface area contributed by atoms with Crippen molar-refractivity contribution in [3.63, 3.8) is 0 Å². The van der Waals surface area contributed by atoms with Crippen LogP contribution in [0.5, 0.6) is 0 Å². The van der Waals surface area contributed by atoms with Crippen molar-refractivity contribution in [2.75, 3.05) is 25.0 Å². The largest absolute Gasteiger partial charge is 0.487 e. The summed E-state index contributed by atoms with van der Waals surface area (Å²) in [6.07, 6.45) is 4.48. The molecule has 0 bridgehead atoms. The molecule has 3 heterocycles. The minimum Gasteiger partial charge on any atom is -0.487 e. The number of ether oxygens (including phenoxy) is 1. The van der Waals surface area contributed by atoms with Gasteiger partial charge in [0.1, 0.15) is 12.4 Å². The van der Waals surface area contributed by atoms with Crippen LogP contribution in [0.15, 0.2) is 42.5 Å². The Morgan fingerprint density at radius 1 is 1.14 bits per heavy atom. The predicted molar refractivity (Wildman–Crippen MR) is 113 cm³/mol. The lowest BCUT2D eigenvalue weighted by atomic mass is 9.97. The molecule has 2 N–H and O–H groups in total. The second-order valence-corrected chi connectivity index (χ2v) is 8.10. The van der Waals surface area contributed by atoms with E-state index >= 15 is 0 Å². The second-order valence-electron chi connectivity index (χ2n) is 8.10. The van der Waals surface area contributed by atoms with Crippen LogP contribution in [-0.2, 0) is 22.6 Å². The van der Waals surface area contributed by atoms with Crippen molar-refractivity contribution < 1.29 is 14.6 Å². The number of amides is 1. The van der Waals surface area contributed by atoms with Gasteiger partial charge in [-0.05, 0) is 37.4 Å². The molecular formula is C24H26N2O3. The summed E-state index contributed by atoms with van der Waals surface area (Å²) < 4.78 is 5.99. The van der Waals surface area contributed by atoms with Crippen molar-refractivity contribution in [3.8, 4) is 0 Å². The average Bonchev–Trinajstić information content (AvgIpc) is 3.31. The molecule has 2 aromatic carbocycles. The fourth-order valence-electron chi connectivity index (χ4n) is 4.75. The Hall–Kier alpha value is -2.63. The van der Waals surface area contributed by atoms with Crippen LogP contribution in [0, 0.1) is 0 Å². The lowest BCUT2D eigenvalue weighted by Crippen LogP contribution is -2.42. The molecule has 150 valence electrons. The first kappa shape index (κ1) is 18.4. The summed E-state index contributed by atoms with van der Waals surface area (Å²) in [5.41, 5.74) is 5.81. The number of carbonyl (C=O) groups excluding carboxylic acids is 1. The number of piperidine rings is 1. The number of aliphatic hydroxyl groups is 1. The van der Waals surface area contributed by atoms with E-state index in [2.05, 4.69) is 28.4 Å². The van der Waals surface area contributed by atoms with Crippen molar-refractivity contribution in [2.45, 2.75) is 38.3 Å². The van der Waals surface area contributed by atoms with Gasteiger partial charge < -0.3 is 15.2 Å². The molecule has 3 aliphatic heterocycles. The van der Waals surface area contributed by atoms with Crippen LogP contribution in [0.25, 0.3) is 11.3 Å². The Morgan fingerprint density at radius 2 is 2.03 bits per heavy atom. The van der Waals surface area contributed by atoms with E-state index in [0.29, 0.717) is 24.0 Å². The first-order valence-electron chi connectivity index (χ1n) is 10.5. The first-order chi connectivity index (χ1) is 14.2. The second kappa shape index (κ2) is 7.65. The van der Waals surface area contributed by atoms with Gasteiger partial charge in [-0.15, -0.1) is 0 Å². The number of aliphatic hydroxyl groups excluding tert-OH is 1. The number of nitrogens with one attached hydrogen (secondary N) is 1. The van der Waals surface area contributed by atoms with Gasteiger partial charge >= 0.3 is 0 Å². The topological polar surface area (TPSA) is 61.8 Å². The fourth-order valence-corrected chi connectivity index (χ4v) is 4.75. The number of carbonyl (C=O) groups is 1. The average molecular weight is 390 g/mol. The van der Waals surface area contributed by atoms with Crippen molar-refractivity contribution >= 4 is 22.9 Å². The number of para-hydroxylation sites is 1. The summed E-state index contributed by atoms with van der Waals surface area (Å²) in [6, 6.07) is 14.5. The van der Waals surface area contributed by atoms with E-state index in [1.165, 1.54) is 18.4 Å². The molecule has 1 atom stereocenters. The molecule has 1 amide bonds. The Balaban J connectivity index is 1.38. The minimum atomic E-state index is -0.0988. The van der Waals surface area contributed by atoms with Crippen LogP contribution in [0.1, 0.15) is 41.5 Å². The van der Waals surface area contributed by atoms with E-state index in [1.54, 1.807) is 0 Å². The van der Waals surface area contributed by atoms with Crippen LogP contribution in [-0.4, -0.2) is 41.7 Å². The van der Waals surface area contributed by atoms with Gasteiger partial charge in [0, 0.05) is 35.0 Å². The Morgan fingerprint density at radius 3 is 2.93 bits per heavy atom. The number of benzene rings is 2. The number of rotatable bonds is 4. The summed E-state index contributed by atoms with van der Waals surface area (Å²) in [4.78, 5) is 15.0. The predicted octanol–water partition coefficient (Wildman–Crippen LogP) is 3.43. The molecule has 0 saturated carbocycles. The molecule has 5 nitrogen and oxygen atoms in total. The zero-order valence-corrected chi connectivity index (χ0v) is 16.5. The van der Waals surface area contributed by atoms with Gasteiger partial charge in [0.2, 0.25) is 0 Å². The Labute approximate surface area is 171 Å². The van der Waals surface area contributed by atoms with E-state index in [0.717, 1.165) is 48.3 Å². The van der Waals surface area contributed by atoms with Gasteiger partial charge in [-0.3, -0.25) is 9.69 Å². The highest BCUT2D eigenvalue weighted by molar-refractivity contribution is 6.36. The summed E-state index contributed by atoms with van der Waals surface area (Å²) in [5, 5.41) is 12.5. The summed E-state index contributed by atoms with van der Waals surface area (Å²) in [6.45, 7) is 2.79. The maximum Gasteiger partial charge on any atom is 0.260 e. The maximum absolute atomic E-state index is 12.6. The summed E-state index contributed by atoms with van der Waals surface area (Å²) in [7, 11) is 0. The molecule has 2 aromatic rings. The van der Waals surface area contributed by atoms with Crippen LogP contribution < -0.4 is 5.32 Å². The molecule has 1 saturated heterocycles. The molecule has 29 heavy (non-hydrogen) atoms. The quantitative estimate of drug-likeness (QED) is 0.786. The molecule has 1 fully saturated rings. The van der Waals surface area contributed by atoms with E-state index in [1.807, 2.05) is 24.3 Å². The highest BCUT2D eigenvalue weighted by Gasteiger charge is 2.32. The summed E-state index contributed by atoms with van der Waals surface area (Å²) >= 11 is 0. The first-order valence-corrected chi connectivity index (χ1v) is 10.5. The Kier molecular flexibility index (Phi) is 4.86. The Bertz CT molecular complexity index is 982. The number of fused-ring (bicyclic) bond motifs is 2. The third-order valence-corrected chi connectivity index (χ3v) is 6.33. The van der Waals surface area contributed by atoms with Gasteiger partial charge in [0.25, 0.3) is 5.91 Å². The van der Waals surface area contributed by atoms with Gasteiger partial charge in [0.15, 0.2) is 0 Å². The zero-order chi connectivity index (χ0) is 19.8. The molecular weight excluding hydrogens is 364 g/mol. The van der Waals surface area contributed by atoms with Crippen LogP contribution >= 0.6 is 0 Å². The fraction of sp³-hybridized carbons (Fsp3) is 0.375. The number of hydrogen-bond acceptors (Lipinski definition) is 4. The van der Waals surface area contributed by atoms with Crippen LogP contribution in [0.4, 0.5) is 5.69 Å². The van der Waals surface area contributed by atoms with Gasteiger partial charge in [-0.25, -0.2) is 0 Å². The normalized spacial score (nSPS) is 23.5. The van der Waals surface area contributed by atoms with Crippen LogP contribution in [0.3, 0.4) is 0 Å². The third-order valence-electron chi connectivity index (χ3n) is 6.33. The van der Waals surface area contributed by atoms with E-state index < -0.39 is 0 Å². The smallest absolute Gasteiger partial charge is 0.260 e. The molecule has 3 aliphatic rings. The zero-order valence-electron chi connectivity index (χ0n) is 16.5. The molecule has 0 aromatic heterocycles. The third kappa shape index (κ3) is 3.34. The minimum absolute atomic E-state index is 0.0988. The lowest BCUT2D eigenvalue weighted by molar-refractivity contribution is -0.110. The highest BCUT2D eigenvalue weighted by Crippen LogP contribution is 2.41. The highest BCUT2D eigenvalue weighted by atomic mass is 16.5. The number of anilines is 1. The molecule has 0 aliphatic carbocycles. The van der Waals surface area contributed by atoms with Crippen molar-refractivity contribution in [1.82, 2.24) is 4.90 Å². The number of likely N-dealkylation sites (tertiary alicyclic amines) is 1.